The second kappa shape index (κ2) is 6.88. The van der Waals surface area contributed by atoms with Crippen LogP contribution in [-0.4, -0.2) is 15.9 Å². The van der Waals surface area contributed by atoms with E-state index in [2.05, 4.69) is 15.4 Å². The molecule has 2 rings (SSSR count). The maximum Gasteiger partial charge on any atom is 0.251 e. The molecule has 1 amide bonds. The topological polar surface area (TPSA) is 101 Å². The van der Waals surface area contributed by atoms with Crippen LogP contribution in [0.1, 0.15) is 11.1 Å². The average molecular weight is 290 g/mol. The lowest BCUT2D eigenvalue weighted by molar-refractivity contribution is -0.120. The van der Waals surface area contributed by atoms with E-state index in [9.17, 15) is 9.59 Å². The van der Waals surface area contributed by atoms with Gasteiger partial charge in [0.15, 0.2) is 5.16 Å². The van der Waals surface area contributed by atoms with Crippen molar-refractivity contribution in [3.05, 3.63) is 58.0 Å². The zero-order chi connectivity index (χ0) is 14.4. The van der Waals surface area contributed by atoms with Crippen molar-refractivity contribution >= 4 is 17.7 Å². The molecule has 6 nitrogen and oxygen atoms in total. The molecule has 0 radical (unpaired) electrons. The summed E-state index contributed by atoms with van der Waals surface area (Å²) in [5.41, 5.74) is 3.85. The van der Waals surface area contributed by atoms with Crippen LogP contribution in [0.3, 0.4) is 0 Å². The Labute approximate surface area is 119 Å². The molecular weight excluding hydrogens is 276 g/mol. The normalized spacial score (nSPS) is 10.2. The maximum atomic E-state index is 11.3. The van der Waals surface area contributed by atoms with Gasteiger partial charge in [0, 0.05) is 18.0 Å². The molecule has 0 unspecified atom stereocenters. The van der Waals surface area contributed by atoms with E-state index in [1.165, 1.54) is 24.0 Å². The number of nitrogens with two attached hydrogens (primary N) is 1. The van der Waals surface area contributed by atoms with Crippen molar-refractivity contribution in [2.45, 2.75) is 17.3 Å². The number of benzene rings is 1. The van der Waals surface area contributed by atoms with Crippen molar-refractivity contribution in [3.63, 3.8) is 0 Å². The largest absolute Gasteiger partial charge is 0.301 e. The zero-order valence-electron chi connectivity index (χ0n) is 10.6. The number of carbonyl (C=O) groups is 1. The number of thioether (sulfide) groups is 1. The van der Waals surface area contributed by atoms with Crippen LogP contribution in [0.2, 0.25) is 0 Å². The molecule has 0 aliphatic heterocycles. The molecule has 1 aromatic heterocycles. The van der Waals surface area contributed by atoms with Crippen molar-refractivity contribution in [3.8, 4) is 0 Å². The molecule has 2 aromatic rings. The standard InChI is InChI=1S/C13H14N4O2S/c14-17-12(19)7-9-3-1-2-4-10(9)8-20-13-15-6-5-11(18)16-13/h1-6H,7-8,14H2,(H,17,19)(H,15,16,18). The lowest BCUT2D eigenvalue weighted by Gasteiger charge is -2.08. The third-order valence-electron chi connectivity index (χ3n) is 2.64. The molecule has 0 spiro atoms. The number of carbonyl (C=O) groups excluding carboxylic acids is 1. The van der Waals surface area contributed by atoms with Gasteiger partial charge >= 0.3 is 0 Å². The van der Waals surface area contributed by atoms with Crippen LogP contribution < -0.4 is 16.8 Å². The molecular formula is C13H14N4O2S. The molecule has 0 fully saturated rings. The zero-order valence-corrected chi connectivity index (χ0v) is 11.4. The Morgan fingerprint density at radius 1 is 1.30 bits per heavy atom. The summed E-state index contributed by atoms with van der Waals surface area (Å²) in [6.07, 6.45) is 1.70. The van der Waals surface area contributed by atoms with Gasteiger partial charge in [0.05, 0.1) is 6.42 Å². The molecule has 0 saturated carbocycles. The molecule has 0 saturated heterocycles. The van der Waals surface area contributed by atoms with Gasteiger partial charge in [0.1, 0.15) is 0 Å². The van der Waals surface area contributed by atoms with Crippen molar-refractivity contribution in [1.29, 1.82) is 0 Å². The Morgan fingerprint density at radius 3 is 2.75 bits per heavy atom. The first kappa shape index (κ1) is 14.3. The van der Waals surface area contributed by atoms with Gasteiger partial charge in [-0.25, -0.2) is 10.8 Å². The minimum atomic E-state index is -0.242. The first-order valence-electron chi connectivity index (χ1n) is 5.93. The molecule has 0 aliphatic rings. The van der Waals surface area contributed by atoms with E-state index >= 15 is 0 Å². The second-order valence-electron chi connectivity index (χ2n) is 4.04. The fourth-order valence-corrected chi connectivity index (χ4v) is 2.55. The van der Waals surface area contributed by atoms with Crippen LogP contribution in [0.15, 0.2) is 46.5 Å². The smallest absolute Gasteiger partial charge is 0.251 e. The number of H-pyrrole nitrogens is 1. The van der Waals surface area contributed by atoms with E-state index in [1.807, 2.05) is 24.3 Å². The summed E-state index contributed by atoms with van der Waals surface area (Å²) in [4.78, 5) is 29.2. The van der Waals surface area contributed by atoms with Crippen molar-refractivity contribution in [2.75, 3.05) is 0 Å². The Bertz CT molecular complexity index is 657. The quantitative estimate of drug-likeness (QED) is 0.246. The minimum Gasteiger partial charge on any atom is -0.301 e. The highest BCUT2D eigenvalue weighted by molar-refractivity contribution is 7.98. The van der Waals surface area contributed by atoms with Crippen LogP contribution in [0, 0.1) is 0 Å². The number of nitrogens with zero attached hydrogens (tertiary/aromatic N) is 1. The van der Waals surface area contributed by atoms with Gasteiger partial charge in [0.2, 0.25) is 5.91 Å². The highest BCUT2D eigenvalue weighted by Gasteiger charge is 2.07. The number of nitrogens with one attached hydrogen (secondary N) is 2. The summed E-state index contributed by atoms with van der Waals surface area (Å²) in [6, 6.07) is 8.96. The van der Waals surface area contributed by atoms with E-state index in [4.69, 9.17) is 5.84 Å². The summed E-state index contributed by atoms with van der Waals surface area (Å²) in [5, 5.41) is 0.551. The first-order chi connectivity index (χ1) is 9.69. The molecule has 0 atom stereocenters. The summed E-state index contributed by atoms with van der Waals surface area (Å²) in [7, 11) is 0. The van der Waals surface area contributed by atoms with E-state index in [0.717, 1.165) is 11.1 Å². The van der Waals surface area contributed by atoms with Gasteiger partial charge in [-0.1, -0.05) is 36.0 Å². The number of hydrogen-bond donors (Lipinski definition) is 3. The van der Waals surface area contributed by atoms with Gasteiger partial charge in [0.25, 0.3) is 5.56 Å². The fourth-order valence-electron chi connectivity index (χ4n) is 1.67. The SMILES string of the molecule is NNC(=O)Cc1ccccc1CSc1nccc(=O)[nH]1. The molecule has 1 aromatic carbocycles. The van der Waals surface area contributed by atoms with Gasteiger partial charge in [-0.2, -0.15) is 0 Å². The predicted octanol–water partition coefficient (Wildman–Crippen LogP) is 0.595. The average Bonchev–Trinajstić information content (AvgIpc) is 2.46. The van der Waals surface area contributed by atoms with E-state index in [1.54, 1.807) is 0 Å². The number of amides is 1. The van der Waals surface area contributed by atoms with Gasteiger partial charge in [-0.3, -0.25) is 15.0 Å². The Hall–Kier alpha value is -2.12. The van der Waals surface area contributed by atoms with Crippen LogP contribution in [0.4, 0.5) is 0 Å². The number of hydrogen-bond acceptors (Lipinski definition) is 5. The second-order valence-corrected chi connectivity index (χ2v) is 5.00. The van der Waals surface area contributed by atoms with Crippen molar-refractivity contribution < 1.29 is 4.79 Å². The third kappa shape index (κ3) is 3.94. The summed E-state index contributed by atoms with van der Waals surface area (Å²) >= 11 is 1.41. The number of hydrazine groups is 1. The van der Waals surface area contributed by atoms with Crippen LogP contribution in [-0.2, 0) is 17.0 Å². The Kier molecular flexibility index (Phi) is 4.91. The Balaban J connectivity index is 2.09. The van der Waals surface area contributed by atoms with Gasteiger partial charge in [-0.05, 0) is 11.1 Å². The van der Waals surface area contributed by atoms with Crippen LogP contribution in [0.5, 0.6) is 0 Å². The molecule has 20 heavy (non-hydrogen) atoms. The fraction of sp³-hybridized carbons (Fsp3) is 0.154. The van der Waals surface area contributed by atoms with E-state index in [-0.39, 0.29) is 17.9 Å². The van der Waals surface area contributed by atoms with Crippen LogP contribution >= 0.6 is 11.8 Å². The molecule has 1 heterocycles. The summed E-state index contributed by atoms with van der Waals surface area (Å²) in [6.45, 7) is 0. The maximum absolute atomic E-state index is 11.3. The summed E-state index contributed by atoms with van der Waals surface area (Å²) < 4.78 is 0. The predicted molar refractivity (Wildman–Crippen MR) is 76.9 cm³/mol. The highest BCUT2D eigenvalue weighted by Crippen LogP contribution is 2.21. The minimum absolute atomic E-state index is 0.182. The first-order valence-corrected chi connectivity index (χ1v) is 6.92. The van der Waals surface area contributed by atoms with Gasteiger partial charge < -0.3 is 4.98 Å². The number of aromatic amines is 1. The molecule has 0 aliphatic carbocycles. The molecule has 104 valence electrons. The lowest BCUT2D eigenvalue weighted by atomic mass is 10.1. The lowest BCUT2D eigenvalue weighted by Crippen LogP contribution is -2.31. The Morgan fingerprint density at radius 2 is 2.05 bits per heavy atom. The third-order valence-corrected chi connectivity index (χ3v) is 3.58. The number of aromatic nitrogens is 2. The van der Waals surface area contributed by atoms with E-state index < -0.39 is 0 Å². The van der Waals surface area contributed by atoms with Crippen LogP contribution in [0.25, 0.3) is 0 Å². The molecule has 4 N–H and O–H groups in total. The van der Waals surface area contributed by atoms with E-state index in [0.29, 0.717) is 10.9 Å². The van der Waals surface area contributed by atoms with Gasteiger partial charge in [-0.15, -0.1) is 0 Å². The molecule has 7 heteroatoms. The number of rotatable bonds is 5. The summed E-state index contributed by atoms with van der Waals surface area (Å²) in [5.74, 6) is 5.47. The monoisotopic (exact) mass is 290 g/mol. The molecule has 0 bridgehead atoms. The van der Waals surface area contributed by atoms with Crippen molar-refractivity contribution in [2.24, 2.45) is 5.84 Å². The van der Waals surface area contributed by atoms with Crippen molar-refractivity contribution in [1.82, 2.24) is 15.4 Å². The highest BCUT2D eigenvalue weighted by atomic mass is 32.2.